The molecular weight excluding hydrogens is 502 g/mol. The highest BCUT2D eigenvalue weighted by atomic mass is 35.5. The first kappa shape index (κ1) is 25.9. The number of H-pyrrole nitrogens is 1. The van der Waals surface area contributed by atoms with Crippen molar-refractivity contribution in [1.29, 1.82) is 0 Å². The summed E-state index contributed by atoms with van der Waals surface area (Å²) in [6.45, 7) is 13.3. The molecule has 1 saturated heterocycles. The van der Waals surface area contributed by atoms with Crippen LogP contribution in [0, 0.1) is 6.92 Å². The number of nitrogens with one attached hydrogen (secondary N) is 1. The number of anilines is 1. The van der Waals surface area contributed by atoms with Crippen molar-refractivity contribution in [1.82, 2.24) is 29.6 Å². The van der Waals surface area contributed by atoms with E-state index in [2.05, 4.69) is 40.5 Å². The summed E-state index contributed by atoms with van der Waals surface area (Å²) in [6, 6.07) is 5.75. The Labute approximate surface area is 226 Å². The minimum atomic E-state index is -0.336. The van der Waals surface area contributed by atoms with Gasteiger partial charge in [0.05, 0.1) is 27.8 Å². The lowest BCUT2D eigenvalue weighted by Gasteiger charge is -2.40. The Morgan fingerprint density at radius 1 is 1.24 bits per heavy atom. The van der Waals surface area contributed by atoms with Crippen LogP contribution in [0.2, 0.25) is 5.02 Å². The fraction of sp³-hybridized carbons (Fsp3) is 0.393. The zero-order chi connectivity index (χ0) is 27.1. The van der Waals surface area contributed by atoms with Crippen LogP contribution in [0.4, 0.5) is 5.82 Å². The number of carbonyl (C=O) groups excluding carboxylic acids is 1. The molecule has 10 heteroatoms. The quantitative estimate of drug-likeness (QED) is 0.354. The molecule has 9 nitrogen and oxygen atoms in total. The minimum Gasteiger partial charge on any atom is -0.350 e. The molecule has 1 aliphatic rings. The number of aryl methyl sites for hydroxylation is 1. The normalized spacial score (nSPS) is 16.1. The lowest BCUT2D eigenvalue weighted by atomic mass is 10.0. The molecule has 5 rings (SSSR count). The molecule has 1 N–H and O–H groups in total. The Balaban J connectivity index is 1.75. The number of amides is 1. The fourth-order valence-electron chi connectivity index (χ4n) is 5.54. The summed E-state index contributed by atoms with van der Waals surface area (Å²) in [5, 5.41) is 9.34. The van der Waals surface area contributed by atoms with E-state index < -0.39 is 0 Å². The molecule has 0 aliphatic carbocycles. The minimum absolute atomic E-state index is 0.0571. The zero-order valence-electron chi connectivity index (χ0n) is 22.2. The van der Waals surface area contributed by atoms with E-state index in [4.69, 9.17) is 16.6 Å². The Hall–Kier alpha value is -3.72. The largest absolute Gasteiger partial charge is 0.351 e. The summed E-state index contributed by atoms with van der Waals surface area (Å²) in [6.07, 6.45) is 4.64. The van der Waals surface area contributed by atoms with Gasteiger partial charge in [0.15, 0.2) is 0 Å². The van der Waals surface area contributed by atoms with Gasteiger partial charge in [-0.1, -0.05) is 38.1 Å². The molecule has 0 radical (unpaired) electrons. The van der Waals surface area contributed by atoms with E-state index in [9.17, 15) is 9.59 Å². The van der Waals surface area contributed by atoms with E-state index in [0.29, 0.717) is 41.8 Å². The molecule has 0 bridgehead atoms. The van der Waals surface area contributed by atoms with E-state index in [1.165, 1.54) is 6.08 Å². The zero-order valence-corrected chi connectivity index (χ0v) is 22.9. The topological polar surface area (TPSA) is 100 Å². The molecule has 0 spiro atoms. The maximum absolute atomic E-state index is 13.6. The van der Waals surface area contributed by atoms with Gasteiger partial charge in [-0.2, -0.15) is 10.1 Å². The lowest BCUT2D eigenvalue weighted by Crippen LogP contribution is -2.54. The van der Waals surface area contributed by atoms with Crippen LogP contribution in [-0.4, -0.2) is 61.2 Å². The smallest absolute Gasteiger partial charge is 0.350 e. The molecule has 3 aromatic heterocycles. The molecule has 0 unspecified atom stereocenters. The first-order chi connectivity index (χ1) is 18.3. The van der Waals surface area contributed by atoms with Gasteiger partial charge in [-0.05, 0) is 50.5 Å². The molecule has 1 aliphatic heterocycles. The number of piperazine rings is 1. The molecule has 1 aromatic carbocycles. The van der Waals surface area contributed by atoms with Gasteiger partial charge in [0, 0.05) is 42.7 Å². The number of pyridine rings is 1. The second-order valence-electron chi connectivity index (χ2n) is 9.87. The van der Waals surface area contributed by atoms with Crippen molar-refractivity contribution in [3.63, 3.8) is 0 Å². The number of halogens is 1. The SMILES string of the molecule is C=CC(=O)N1CCN(c2nc(=O)n(C(CC)CC)c3nc(-c4c(C)ccc5[nH]ncc45)c(Cl)cc23)[C@@H](C)C1. The summed E-state index contributed by atoms with van der Waals surface area (Å²) < 4.78 is 1.71. The number of aromatic amines is 1. The standard InChI is InChI=1S/C28H32ClN7O2/c1-6-18(7-2)36-27-19(26(32-28(36)38)35-12-11-34(15-17(35)5)23(37)8-3)13-21(29)25(31-27)24-16(4)9-10-22-20(24)14-30-33-22/h8-10,13-14,17-18H,3,6-7,11-12,15H2,1-2,4-5H3,(H,30,33)/t17-/m0/s1. The number of nitrogens with zero attached hydrogens (tertiary/aromatic N) is 6. The molecule has 38 heavy (non-hydrogen) atoms. The van der Waals surface area contributed by atoms with Gasteiger partial charge in [-0.15, -0.1) is 0 Å². The van der Waals surface area contributed by atoms with Gasteiger partial charge in [-0.25, -0.2) is 9.78 Å². The van der Waals surface area contributed by atoms with Crippen molar-refractivity contribution in [2.24, 2.45) is 0 Å². The highest BCUT2D eigenvalue weighted by molar-refractivity contribution is 6.34. The Morgan fingerprint density at radius 3 is 2.68 bits per heavy atom. The number of hydrogen-bond acceptors (Lipinski definition) is 6. The highest BCUT2D eigenvalue weighted by Gasteiger charge is 2.30. The summed E-state index contributed by atoms with van der Waals surface area (Å²) in [5.41, 5.74) is 3.61. The predicted octanol–water partition coefficient (Wildman–Crippen LogP) is 4.88. The number of benzene rings is 1. The molecular formula is C28H32ClN7O2. The lowest BCUT2D eigenvalue weighted by molar-refractivity contribution is -0.126. The second-order valence-corrected chi connectivity index (χ2v) is 10.3. The van der Waals surface area contributed by atoms with Crippen molar-refractivity contribution >= 4 is 45.3 Å². The number of hydrogen-bond donors (Lipinski definition) is 1. The molecule has 198 valence electrons. The fourth-order valence-corrected chi connectivity index (χ4v) is 5.79. The van der Waals surface area contributed by atoms with Crippen molar-refractivity contribution in [2.45, 2.75) is 52.6 Å². The van der Waals surface area contributed by atoms with Crippen LogP contribution < -0.4 is 10.6 Å². The average Bonchev–Trinajstić information content (AvgIpc) is 3.39. The summed E-state index contributed by atoms with van der Waals surface area (Å²) in [5.74, 6) is 0.446. The number of carbonyl (C=O) groups is 1. The molecule has 1 atom stereocenters. The van der Waals surface area contributed by atoms with Gasteiger partial charge in [0.1, 0.15) is 11.5 Å². The van der Waals surface area contributed by atoms with Gasteiger partial charge < -0.3 is 9.80 Å². The summed E-state index contributed by atoms with van der Waals surface area (Å²) in [4.78, 5) is 39.3. The van der Waals surface area contributed by atoms with Gasteiger partial charge in [0.2, 0.25) is 5.91 Å². The second kappa shape index (κ2) is 10.2. The van der Waals surface area contributed by atoms with Gasteiger partial charge in [0.25, 0.3) is 0 Å². The third-order valence-corrected chi connectivity index (χ3v) is 7.88. The molecule has 4 heterocycles. The highest BCUT2D eigenvalue weighted by Crippen LogP contribution is 2.38. The van der Waals surface area contributed by atoms with E-state index >= 15 is 0 Å². The van der Waals surface area contributed by atoms with Crippen LogP contribution in [0.5, 0.6) is 0 Å². The molecule has 0 saturated carbocycles. The van der Waals surface area contributed by atoms with Crippen molar-refractivity contribution in [2.75, 3.05) is 24.5 Å². The monoisotopic (exact) mass is 533 g/mol. The first-order valence-corrected chi connectivity index (χ1v) is 13.4. The van der Waals surface area contributed by atoms with Gasteiger partial charge in [-0.3, -0.25) is 14.5 Å². The van der Waals surface area contributed by atoms with Crippen molar-refractivity contribution in [3.8, 4) is 11.3 Å². The first-order valence-electron chi connectivity index (χ1n) is 13.0. The maximum atomic E-state index is 13.6. The number of fused-ring (bicyclic) bond motifs is 2. The van der Waals surface area contributed by atoms with Crippen LogP contribution in [0.15, 0.2) is 41.8 Å². The van der Waals surface area contributed by atoms with Crippen LogP contribution in [0.3, 0.4) is 0 Å². The summed E-state index contributed by atoms with van der Waals surface area (Å²) in [7, 11) is 0. The van der Waals surface area contributed by atoms with Crippen LogP contribution in [-0.2, 0) is 4.79 Å². The Bertz CT molecular complexity index is 1600. The number of rotatable bonds is 6. The molecule has 1 fully saturated rings. The van der Waals surface area contributed by atoms with Crippen LogP contribution in [0.25, 0.3) is 33.2 Å². The van der Waals surface area contributed by atoms with E-state index in [1.54, 1.807) is 15.7 Å². The third kappa shape index (κ3) is 4.24. The average molecular weight is 534 g/mol. The van der Waals surface area contributed by atoms with E-state index in [-0.39, 0.29) is 23.7 Å². The van der Waals surface area contributed by atoms with Crippen LogP contribution in [0.1, 0.15) is 45.2 Å². The summed E-state index contributed by atoms with van der Waals surface area (Å²) >= 11 is 6.96. The van der Waals surface area contributed by atoms with Crippen molar-refractivity contribution < 1.29 is 4.79 Å². The van der Waals surface area contributed by atoms with E-state index in [0.717, 1.165) is 40.3 Å². The van der Waals surface area contributed by atoms with Gasteiger partial charge >= 0.3 is 5.69 Å². The Kier molecular flexibility index (Phi) is 6.96. The predicted molar refractivity (Wildman–Crippen MR) is 152 cm³/mol. The van der Waals surface area contributed by atoms with Crippen molar-refractivity contribution in [3.05, 3.63) is 58.1 Å². The van der Waals surface area contributed by atoms with E-state index in [1.807, 2.05) is 32.0 Å². The Morgan fingerprint density at radius 2 is 2.00 bits per heavy atom. The number of aromatic nitrogens is 5. The third-order valence-electron chi connectivity index (χ3n) is 7.60. The molecule has 4 aromatic rings. The molecule has 1 amide bonds. The maximum Gasteiger partial charge on any atom is 0.351 e. The van der Waals surface area contributed by atoms with Crippen LogP contribution >= 0.6 is 11.6 Å².